The van der Waals surface area contributed by atoms with Gasteiger partial charge in [-0.05, 0) is 59.8 Å². The van der Waals surface area contributed by atoms with Crippen molar-refractivity contribution in [1.29, 1.82) is 0 Å². The van der Waals surface area contributed by atoms with Crippen molar-refractivity contribution in [1.82, 2.24) is 9.97 Å². The Labute approximate surface area is 217 Å². The summed E-state index contributed by atoms with van der Waals surface area (Å²) in [5.41, 5.74) is 5.38. The molecule has 5 aromatic rings. The molecule has 0 saturated carbocycles. The largest absolute Gasteiger partial charge is 0.507 e. The minimum atomic E-state index is -0.175. The molecule has 2 heterocycles. The van der Waals surface area contributed by atoms with Gasteiger partial charge in [0.25, 0.3) is 5.91 Å². The number of H-pyrrole nitrogens is 1. The number of phenols is 2. The molecule has 37 heavy (non-hydrogen) atoms. The fourth-order valence-electron chi connectivity index (χ4n) is 5.28. The van der Waals surface area contributed by atoms with Crippen LogP contribution in [0.25, 0.3) is 33.2 Å². The van der Waals surface area contributed by atoms with Crippen LogP contribution in [0.4, 0.5) is 5.69 Å². The van der Waals surface area contributed by atoms with E-state index in [-0.39, 0.29) is 23.3 Å². The van der Waals surface area contributed by atoms with Crippen LogP contribution in [0.3, 0.4) is 0 Å². The van der Waals surface area contributed by atoms with Gasteiger partial charge >= 0.3 is 0 Å². The summed E-state index contributed by atoms with van der Waals surface area (Å²) in [6.07, 6.45) is 0. The smallest absolute Gasteiger partial charge is 0.258 e. The molecule has 1 amide bonds. The number of halogens is 1. The SMILES string of the molecule is COc1cc(-c2nc3ccc(C(=O)N4C[C@@H](CCl)c5c4cc(O)c4cccc(C)c54)cc3[nH]2)ccc1O. The zero-order valence-electron chi connectivity index (χ0n) is 20.2. The molecule has 186 valence electrons. The number of fused-ring (bicyclic) bond motifs is 4. The number of phenolic OH excluding ortho intramolecular Hbond substituents is 2. The first-order chi connectivity index (χ1) is 17.9. The second kappa shape index (κ2) is 8.71. The summed E-state index contributed by atoms with van der Waals surface area (Å²) >= 11 is 6.38. The van der Waals surface area contributed by atoms with Crippen LogP contribution < -0.4 is 9.64 Å². The number of imidazole rings is 1. The van der Waals surface area contributed by atoms with E-state index in [4.69, 9.17) is 16.3 Å². The number of anilines is 1. The number of nitrogens with one attached hydrogen (secondary N) is 1. The minimum absolute atomic E-state index is 0.0446. The van der Waals surface area contributed by atoms with Crippen molar-refractivity contribution >= 4 is 45.0 Å². The van der Waals surface area contributed by atoms with Crippen LogP contribution in [0.1, 0.15) is 27.4 Å². The van der Waals surface area contributed by atoms with Crippen molar-refractivity contribution in [2.75, 3.05) is 24.4 Å². The summed E-state index contributed by atoms with van der Waals surface area (Å²) in [4.78, 5) is 23.4. The van der Waals surface area contributed by atoms with E-state index >= 15 is 0 Å². The number of carbonyl (C=O) groups excluding carboxylic acids is 1. The van der Waals surface area contributed by atoms with E-state index in [1.807, 2.05) is 25.1 Å². The van der Waals surface area contributed by atoms with Gasteiger partial charge in [0.15, 0.2) is 11.5 Å². The first kappa shape index (κ1) is 23.2. The molecule has 1 aliphatic rings. The first-order valence-electron chi connectivity index (χ1n) is 11.9. The maximum Gasteiger partial charge on any atom is 0.258 e. The molecule has 0 fully saturated rings. The highest BCUT2D eigenvalue weighted by Crippen LogP contribution is 2.46. The Morgan fingerprint density at radius 1 is 1.14 bits per heavy atom. The zero-order chi connectivity index (χ0) is 25.8. The number of alkyl halides is 1. The molecule has 3 N–H and O–H groups in total. The van der Waals surface area contributed by atoms with Crippen LogP contribution in [0.2, 0.25) is 0 Å². The lowest BCUT2D eigenvalue weighted by atomic mass is 9.92. The highest BCUT2D eigenvalue weighted by Gasteiger charge is 2.35. The van der Waals surface area contributed by atoms with Crippen LogP contribution in [0.5, 0.6) is 17.2 Å². The van der Waals surface area contributed by atoms with E-state index in [9.17, 15) is 15.0 Å². The third-order valence-electron chi connectivity index (χ3n) is 7.08. The molecule has 6 rings (SSSR count). The van der Waals surface area contributed by atoms with E-state index in [1.54, 1.807) is 47.4 Å². The van der Waals surface area contributed by atoms with Gasteiger partial charge in [-0.25, -0.2) is 4.98 Å². The monoisotopic (exact) mass is 513 g/mol. The lowest BCUT2D eigenvalue weighted by molar-refractivity contribution is 0.0988. The van der Waals surface area contributed by atoms with Gasteiger partial charge in [0.05, 0.1) is 23.8 Å². The Morgan fingerprint density at radius 3 is 2.76 bits per heavy atom. The number of amides is 1. The number of aromatic hydroxyl groups is 2. The number of aryl methyl sites for hydroxylation is 1. The van der Waals surface area contributed by atoms with Crippen molar-refractivity contribution in [3.63, 3.8) is 0 Å². The molecule has 0 aliphatic carbocycles. The van der Waals surface area contributed by atoms with Gasteiger partial charge in [-0.15, -0.1) is 11.6 Å². The van der Waals surface area contributed by atoms with E-state index < -0.39 is 0 Å². The number of ether oxygens (including phenoxy) is 1. The summed E-state index contributed by atoms with van der Waals surface area (Å²) in [7, 11) is 1.49. The molecular weight excluding hydrogens is 490 g/mol. The standard InChI is InChI=1S/C29H24ClN3O4/c1-15-4-3-5-19-24(35)12-22-27(26(15)19)18(13-30)14-33(22)29(36)17-6-8-20-21(10-17)32-28(31-20)16-7-9-23(34)25(11-16)37-2/h3-12,18,34-35H,13-14H2,1-2H3,(H,31,32)/t18-/m1/s1. The molecule has 4 aromatic carbocycles. The Kier molecular flexibility index (Phi) is 5.46. The van der Waals surface area contributed by atoms with E-state index in [0.717, 1.165) is 27.5 Å². The van der Waals surface area contributed by atoms with Gasteiger partial charge < -0.3 is 24.8 Å². The van der Waals surface area contributed by atoms with Crippen molar-refractivity contribution in [2.24, 2.45) is 0 Å². The van der Waals surface area contributed by atoms with Crippen molar-refractivity contribution in [2.45, 2.75) is 12.8 Å². The second-order valence-electron chi connectivity index (χ2n) is 9.30. The number of methoxy groups -OCH3 is 1. The van der Waals surface area contributed by atoms with Crippen LogP contribution in [0, 0.1) is 6.92 Å². The topological polar surface area (TPSA) is 98.7 Å². The highest BCUT2D eigenvalue weighted by atomic mass is 35.5. The molecule has 8 heteroatoms. The van der Waals surface area contributed by atoms with Crippen LogP contribution in [-0.2, 0) is 0 Å². The molecule has 1 aromatic heterocycles. The van der Waals surface area contributed by atoms with E-state index in [1.165, 1.54) is 7.11 Å². The van der Waals surface area contributed by atoms with Gasteiger partial charge in [0.2, 0.25) is 0 Å². The number of rotatable bonds is 4. The highest BCUT2D eigenvalue weighted by molar-refractivity contribution is 6.19. The van der Waals surface area contributed by atoms with Gasteiger partial charge in [-0.1, -0.05) is 18.2 Å². The Hall–Kier alpha value is -4.23. The molecule has 0 unspecified atom stereocenters. The summed E-state index contributed by atoms with van der Waals surface area (Å²) in [6, 6.07) is 17.8. The fourth-order valence-corrected chi connectivity index (χ4v) is 5.53. The summed E-state index contributed by atoms with van der Waals surface area (Å²) in [5.74, 6) is 1.28. The number of hydrogen-bond acceptors (Lipinski definition) is 5. The Bertz CT molecular complexity index is 1710. The van der Waals surface area contributed by atoms with Crippen molar-refractivity contribution in [3.8, 4) is 28.6 Å². The normalized spacial score (nSPS) is 14.9. The lowest BCUT2D eigenvalue weighted by Gasteiger charge is -2.19. The molecule has 0 spiro atoms. The number of benzene rings is 4. The molecule has 7 nitrogen and oxygen atoms in total. The molecule has 1 atom stereocenters. The maximum absolute atomic E-state index is 13.8. The number of aromatic nitrogens is 2. The molecule has 0 bridgehead atoms. The predicted molar refractivity (Wildman–Crippen MR) is 145 cm³/mol. The fraction of sp³-hybridized carbons (Fsp3) is 0.172. The zero-order valence-corrected chi connectivity index (χ0v) is 21.0. The van der Waals surface area contributed by atoms with Crippen molar-refractivity contribution < 1.29 is 19.7 Å². The van der Waals surface area contributed by atoms with Gasteiger partial charge in [0.1, 0.15) is 11.6 Å². The number of hydrogen-bond donors (Lipinski definition) is 3. The first-order valence-corrected chi connectivity index (χ1v) is 12.4. The van der Waals surface area contributed by atoms with Gasteiger partial charge in [0, 0.05) is 40.9 Å². The predicted octanol–water partition coefficient (Wildman–Crippen LogP) is 6.09. The Morgan fingerprint density at radius 2 is 1.97 bits per heavy atom. The third-order valence-corrected chi connectivity index (χ3v) is 7.46. The summed E-state index contributed by atoms with van der Waals surface area (Å²) in [5, 5.41) is 22.4. The van der Waals surface area contributed by atoms with E-state index in [2.05, 4.69) is 9.97 Å². The minimum Gasteiger partial charge on any atom is -0.507 e. The lowest BCUT2D eigenvalue weighted by Crippen LogP contribution is -2.30. The van der Waals surface area contributed by atoms with Crippen LogP contribution >= 0.6 is 11.6 Å². The molecule has 0 radical (unpaired) electrons. The quantitative estimate of drug-likeness (QED) is 0.252. The molecule has 1 aliphatic heterocycles. The maximum atomic E-state index is 13.8. The van der Waals surface area contributed by atoms with Crippen LogP contribution in [0.15, 0.2) is 60.7 Å². The number of nitrogens with zero attached hydrogens (tertiary/aromatic N) is 2. The van der Waals surface area contributed by atoms with Crippen molar-refractivity contribution in [3.05, 3.63) is 77.4 Å². The van der Waals surface area contributed by atoms with Crippen LogP contribution in [-0.4, -0.2) is 45.6 Å². The molecular formula is C29H24ClN3O4. The number of aromatic amines is 1. The summed E-state index contributed by atoms with van der Waals surface area (Å²) < 4.78 is 5.21. The molecule has 0 saturated heterocycles. The summed E-state index contributed by atoms with van der Waals surface area (Å²) in [6.45, 7) is 2.44. The number of carbonyl (C=O) groups is 1. The van der Waals surface area contributed by atoms with Gasteiger partial charge in [-0.2, -0.15) is 0 Å². The average Bonchev–Trinajstić information content (AvgIpc) is 3.50. The van der Waals surface area contributed by atoms with E-state index in [0.29, 0.717) is 46.3 Å². The average molecular weight is 514 g/mol. The Balaban J connectivity index is 1.40. The third kappa shape index (κ3) is 3.65. The second-order valence-corrected chi connectivity index (χ2v) is 9.61. The van der Waals surface area contributed by atoms with Gasteiger partial charge in [-0.3, -0.25) is 4.79 Å².